The van der Waals surface area contributed by atoms with Gasteiger partial charge in [-0.1, -0.05) is 0 Å². The summed E-state index contributed by atoms with van der Waals surface area (Å²) in [5.74, 6) is 1.57. The first kappa shape index (κ1) is 15.1. The van der Waals surface area contributed by atoms with Gasteiger partial charge in [-0.3, -0.25) is 0 Å². The molecule has 0 saturated carbocycles. The van der Waals surface area contributed by atoms with Gasteiger partial charge in [-0.2, -0.15) is 0 Å². The molecular formula is C15H26N2O3+2. The lowest BCUT2D eigenvalue weighted by Gasteiger charge is -2.28. The first-order valence-corrected chi connectivity index (χ1v) is 7.27. The average molecular weight is 282 g/mol. The van der Waals surface area contributed by atoms with Crippen LogP contribution in [0.15, 0.2) is 24.3 Å². The van der Waals surface area contributed by atoms with Crippen LogP contribution in [0, 0.1) is 0 Å². The van der Waals surface area contributed by atoms with Crippen LogP contribution in [0.1, 0.15) is 0 Å². The minimum atomic E-state index is -0.412. The number of rotatable bonds is 6. The zero-order valence-corrected chi connectivity index (χ0v) is 12.4. The standard InChI is InChI=1S/C15H24N2O3/c1-16-7-9-17(10-8-16)11-13(18)12-20-15-5-3-14(19-2)4-6-15/h3-6,13,18H,7-12H2,1-2H3/p+2/t13-/m1/s1. The number of ether oxygens (including phenoxy) is 2. The van der Waals surface area contributed by atoms with E-state index in [1.165, 1.54) is 18.0 Å². The van der Waals surface area contributed by atoms with Crippen molar-refractivity contribution in [1.82, 2.24) is 0 Å². The Morgan fingerprint density at radius 3 is 2.30 bits per heavy atom. The van der Waals surface area contributed by atoms with Crippen molar-refractivity contribution in [3.05, 3.63) is 24.3 Å². The van der Waals surface area contributed by atoms with E-state index < -0.39 is 6.10 Å². The monoisotopic (exact) mass is 282 g/mol. The largest absolute Gasteiger partial charge is 0.497 e. The van der Waals surface area contributed by atoms with Gasteiger partial charge >= 0.3 is 0 Å². The van der Waals surface area contributed by atoms with Gasteiger partial charge in [0.05, 0.1) is 14.2 Å². The van der Waals surface area contributed by atoms with Gasteiger partial charge in [0, 0.05) is 0 Å². The van der Waals surface area contributed by atoms with Crippen molar-refractivity contribution in [2.45, 2.75) is 6.10 Å². The molecule has 0 radical (unpaired) electrons. The predicted octanol–water partition coefficient (Wildman–Crippen LogP) is -2.15. The zero-order chi connectivity index (χ0) is 14.4. The van der Waals surface area contributed by atoms with E-state index in [1.54, 1.807) is 12.0 Å². The van der Waals surface area contributed by atoms with Crippen LogP contribution in [-0.4, -0.2) is 64.7 Å². The third-order valence-corrected chi connectivity index (χ3v) is 3.84. The van der Waals surface area contributed by atoms with Crippen LogP contribution in [0.3, 0.4) is 0 Å². The number of likely N-dealkylation sites (N-methyl/N-ethyl adjacent to an activating group) is 1. The molecule has 1 aliphatic rings. The molecule has 1 saturated heterocycles. The fourth-order valence-corrected chi connectivity index (χ4v) is 2.49. The lowest BCUT2D eigenvalue weighted by Crippen LogP contribution is -3.27. The molecule has 1 atom stereocenters. The number of aliphatic hydroxyl groups excluding tert-OH is 1. The number of hydrogen-bond acceptors (Lipinski definition) is 3. The van der Waals surface area contributed by atoms with Crippen molar-refractivity contribution in [3.63, 3.8) is 0 Å². The second-order valence-electron chi connectivity index (χ2n) is 5.55. The van der Waals surface area contributed by atoms with Crippen LogP contribution in [0.4, 0.5) is 0 Å². The maximum Gasteiger partial charge on any atom is 0.137 e. The predicted molar refractivity (Wildman–Crippen MR) is 76.7 cm³/mol. The summed E-state index contributed by atoms with van der Waals surface area (Å²) < 4.78 is 10.7. The van der Waals surface area contributed by atoms with Crippen molar-refractivity contribution >= 4 is 0 Å². The molecule has 20 heavy (non-hydrogen) atoms. The van der Waals surface area contributed by atoms with Gasteiger partial charge in [0.1, 0.15) is 56.9 Å². The molecular weight excluding hydrogens is 256 g/mol. The molecule has 1 aliphatic heterocycles. The maximum atomic E-state index is 10.1. The third kappa shape index (κ3) is 4.67. The Morgan fingerprint density at radius 1 is 1.10 bits per heavy atom. The minimum Gasteiger partial charge on any atom is -0.497 e. The van der Waals surface area contributed by atoms with Crippen LogP contribution in [0.5, 0.6) is 11.5 Å². The summed E-state index contributed by atoms with van der Waals surface area (Å²) >= 11 is 0. The Bertz CT molecular complexity index is 389. The number of piperazine rings is 1. The number of quaternary nitrogens is 2. The number of aliphatic hydroxyl groups is 1. The number of benzene rings is 1. The molecule has 0 spiro atoms. The minimum absolute atomic E-state index is 0.346. The smallest absolute Gasteiger partial charge is 0.137 e. The summed E-state index contributed by atoms with van der Waals surface area (Å²) in [5.41, 5.74) is 0. The highest BCUT2D eigenvalue weighted by atomic mass is 16.5. The molecule has 112 valence electrons. The fourth-order valence-electron chi connectivity index (χ4n) is 2.49. The zero-order valence-electron chi connectivity index (χ0n) is 12.4. The first-order valence-electron chi connectivity index (χ1n) is 7.27. The fraction of sp³-hybridized carbons (Fsp3) is 0.600. The topological polar surface area (TPSA) is 47.6 Å². The molecule has 0 aromatic heterocycles. The second-order valence-corrected chi connectivity index (χ2v) is 5.55. The van der Waals surface area contributed by atoms with Gasteiger partial charge in [0.15, 0.2) is 0 Å². The molecule has 0 amide bonds. The van der Waals surface area contributed by atoms with Gasteiger partial charge in [-0.05, 0) is 24.3 Å². The van der Waals surface area contributed by atoms with Crippen LogP contribution in [0.25, 0.3) is 0 Å². The molecule has 3 N–H and O–H groups in total. The molecule has 0 bridgehead atoms. The number of nitrogens with one attached hydrogen (secondary N) is 2. The highest BCUT2D eigenvalue weighted by Crippen LogP contribution is 2.16. The van der Waals surface area contributed by atoms with E-state index in [-0.39, 0.29) is 0 Å². The van der Waals surface area contributed by atoms with Gasteiger partial charge < -0.3 is 24.4 Å². The molecule has 0 unspecified atom stereocenters. The van der Waals surface area contributed by atoms with E-state index in [9.17, 15) is 5.11 Å². The quantitative estimate of drug-likeness (QED) is 0.557. The molecule has 5 heteroatoms. The number of methoxy groups -OCH3 is 1. The Labute approximate surface area is 120 Å². The van der Waals surface area contributed by atoms with E-state index in [0.717, 1.165) is 31.1 Å². The molecule has 5 nitrogen and oxygen atoms in total. The molecule has 1 aromatic rings. The Balaban J connectivity index is 1.70. The molecule has 2 rings (SSSR count). The SMILES string of the molecule is COc1ccc(OC[C@H](O)C[NH+]2CC[NH+](C)CC2)cc1. The van der Waals surface area contributed by atoms with E-state index in [1.807, 2.05) is 24.3 Å². The second kappa shape index (κ2) is 7.47. The lowest BCUT2D eigenvalue weighted by molar-refractivity contribution is -1.00. The number of hydrogen-bond donors (Lipinski definition) is 3. The van der Waals surface area contributed by atoms with Crippen molar-refractivity contribution in [2.75, 3.05) is 53.5 Å². The summed E-state index contributed by atoms with van der Waals surface area (Å²) in [6.45, 7) is 5.74. The molecule has 0 aliphatic carbocycles. The summed E-state index contributed by atoms with van der Waals surface area (Å²) in [7, 11) is 3.86. The summed E-state index contributed by atoms with van der Waals surface area (Å²) in [5, 5.41) is 10.1. The van der Waals surface area contributed by atoms with Crippen molar-refractivity contribution in [3.8, 4) is 11.5 Å². The summed E-state index contributed by atoms with van der Waals surface area (Å²) in [6, 6.07) is 7.43. The van der Waals surface area contributed by atoms with E-state index in [4.69, 9.17) is 9.47 Å². The van der Waals surface area contributed by atoms with Crippen molar-refractivity contribution in [2.24, 2.45) is 0 Å². The molecule has 1 aromatic carbocycles. The Kier molecular flexibility index (Phi) is 5.64. The highest BCUT2D eigenvalue weighted by Gasteiger charge is 2.22. The van der Waals surface area contributed by atoms with E-state index in [0.29, 0.717) is 6.61 Å². The van der Waals surface area contributed by atoms with E-state index >= 15 is 0 Å². The van der Waals surface area contributed by atoms with Crippen LogP contribution in [-0.2, 0) is 0 Å². The normalized spacial score (nSPS) is 24.1. The van der Waals surface area contributed by atoms with Crippen molar-refractivity contribution in [1.29, 1.82) is 0 Å². The Morgan fingerprint density at radius 2 is 1.70 bits per heavy atom. The third-order valence-electron chi connectivity index (χ3n) is 3.84. The van der Waals surface area contributed by atoms with Crippen LogP contribution < -0.4 is 19.3 Å². The van der Waals surface area contributed by atoms with Gasteiger partial charge in [-0.25, -0.2) is 0 Å². The van der Waals surface area contributed by atoms with Crippen LogP contribution in [0.2, 0.25) is 0 Å². The van der Waals surface area contributed by atoms with Gasteiger partial charge in [0.2, 0.25) is 0 Å². The highest BCUT2D eigenvalue weighted by molar-refractivity contribution is 5.31. The Hall–Kier alpha value is -1.30. The first-order chi connectivity index (χ1) is 9.67. The summed E-state index contributed by atoms with van der Waals surface area (Å²) in [6.07, 6.45) is -0.412. The maximum absolute atomic E-state index is 10.1. The molecule has 1 heterocycles. The van der Waals surface area contributed by atoms with E-state index in [2.05, 4.69) is 7.05 Å². The van der Waals surface area contributed by atoms with Crippen LogP contribution >= 0.6 is 0 Å². The van der Waals surface area contributed by atoms with Gasteiger partial charge in [0.25, 0.3) is 0 Å². The molecule has 1 fully saturated rings. The lowest BCUT2D eigenvalue weighted by atomic mass is 10.2. The average Bonchev–Trinajstić information content (AvgIpc) is 2.48. The van der Waals surface area contributed by atoms with Crippen molar-refractivity contribution < 1.29 is 24.4 Å². The summed E-state index contributed by atoms with van der Waals surface area (Å²) in [4.78, 5) is 3.05. The van der Waals surface area contributed by atoms with Gasteiger partial charge in [-0.15, -0.1) is 0 Å².